The molecule has 0 aromatic carbocycles. The average Bonchev–Trinajstić information content (AvgIpc) is 3.00. The zero-order valence-corrected chi connectivity index (χ0v) is 12.9. The number of H-pyrrole nitrogens is 1. The molecule has 1 amide bonds. The van der Waals surface area contributed by atoms with Gasteiger partial charge in [0.1, 0.15) is 5.76 Å². The molecule has 21 heavy (non-hydrogen) atoms. The number of hydrogen-bond acceptors (Lipinski definition) is 7. The Balaban J connectivity index is 1.77. The SMILES string of the molecule is CCOc1n[nH]c(NC(=O)CSCc2c(C)noc2C)n1. The molecule has 0 aliphatic heterocycles. The number of aryl methyl sites for hydroxylation is 2. The summed E-state index contributed by atoms with van der Waals surface area (Å²) in [7, 11) is 0. The zero-order chi connectivity index (χ0) is 15.2. The van der Waals surface area contributed by atoms with Crippen molar-refractivity contribution in [1.29, 1.82) is 0 Å². The summed E-state index contributed by atoms with van der Waals surface area (Å²) in [4.78, 5) is 15.7. The maximum atomic E-state index is 11.8. The second-order valence-corrected chi connectivity index (χ2v) is 5.23. The van der Waals surface area contributed by atoms with Crippen LogP contribution in [-0.4, -0.2) is 38.6 Å². The Labute approximate surface area is 126 Å². The molecule has 0 fully saturated rings. The van der Waals surface area contributed by atoms with Gasteiger partial charge in [-0.15, -0.1) is 16.9 Å². The van der Waals surface area contributed by atoms with E-state index in [9.17, 15) is 4.79 Å². The lowest BCUT2D eigenvalue weighted by Gasteiger charge is -2.01. The number of anilines is 1. The van der Waals surface area contributed by atoms with Crippen molar-refractivity contribution in [3.05, 3.63) is 17.0 Å². The van der Waals surface area contributed by atoms with Crippen molar-refractivity contribution >= 4 is 23.6 Å². The van der Waals surface area contributed by atoms with Gasteiger partial charge < -0.3 is 9.26 Å². The van der Waals surface area contributed by atoms with Crippen LogP contribution in [0.2, 0.25) is 0 Å². The first-order chi connectivity index (χ1) is 10.1. The van der Waals surface area contributed by atoms with Crippen molar-refractivity contribution in [1.82, 2.24) is 20.3 Å². The number of aromatic amines is 1. The highest BCUT2D eigenvalue weighted by Gasteiger charge is 2.11. The second kappa shape index (κ2) is 7.11. The van der Waals surface area contributed by atoms with Gasteiger partial charge in [0.25, 0.3) is 0 Å². The number of nitrogens with zero attached hydrogens (tertiary/aromatic N) is 3. The molecule has 0 aliphatic carbocycles. The number of amides is 1. The number of aromatic nitrogens is 4. The highest BCUT2D eigenvalue weighted by atomic mass is 32.2. The van der Waals surface area contributed by atoms with Crippen LogP contribution < -0.4 is 10.1 Å². The Morgan fingerprint density at radius 2 is 2.29 bits per heavy atom. The lowest BCUT2D eigenvalue weighted by atomic mass is 10.2. The van der Waals surface area contributed by atoms with Crippen molar-refractivity contribution < 1.29 is 14.1 Å². The molecule has 2 rings (SSSR count). The summed E-state index contributed by atoms with van der Waals surface area (Å²) in [5.74, 6) is 1.88. The lowest BCUT2D eigenvalue weighted by molar-refractivity contribution is -0.113. The van der Waals surface area contributed by atoms with E-state index >= 15 is 0 Å². The van der Waals surface area contributed by atoms with Gasteiger partial charge in [0.15, 0.2) is 0 Å². The quantitative estimate of drug-likeness (QED) is 0.801. The van der Waals surface area contributed by atoms with Crippen molar-refractivity contribution in [2.24, 2.45) is 0 Å². The van der Waals surface area contributed by atoms with Gasteiger partial charge in [-0.1, -0.05) is 5.16 Å². The molecule has 0 radical (unpaired) electrons. The van der Waals surface area contributed by atoms with Crippen molar-refractivity contribution in [2.45, 2.75) is 26.5 Å². The fraction of sp³-hybridized carbons (Fsp3) is 0.500. The molecule has 9 heteroatoms. The molecule has 114 valence electrons. The third kappa shape index (κ3) is 4.22. The summed E-state index contributed by atoms with van der Waals surface area (Å²) in [5.41, 5.74) is 1.89. The summed E-state index contributed by atoms with van der Waals surface area (Å²) in [6.07, 6.45) is 0. The summed E-state index contributed by atoms with van der Waals surface area (Å²) in [5, 5.41) is 12.9. The van der Waals surface area contributed by atoms with Crippen LogP contribution in [-0.2, 0) is 10.5 Å². The summed E-state index contributed by atoms with van der Waals surface area (Å²) in [6, 6.07) is 0.219. The van der Waals surface area contributed by atoms with Crippen molar-refractivity contribution in [3.8, 4) is 6.01 Å². The van der Waals surface area contributed by atoms with Crippen LogP contribution in [0.5, 0.6) is 6.01 Å². The second-order valence-electron chi connectivity index (χ2n) is 4.24. The van der Waals surface area contributed by atoms with E-state index in [1.165, 1.54) is 11.8 Å². The Bertz CT molecular complexity index is 590. The molecule has 0 atom stereocenters. The minimum atomic E-state index is -0.161. The minimum Gasteiger partial charge on any atom is -0.463 e. The van der Waals surface area contributed by atoms with Gasteiger partial charge in [0.05, 0.1) is 18.1 Å². The molecular formula is C12H17N5O3S. The largest absolute Gasteiger partial charge is 0.463 e. The molecule has 0 bridgehead atoms. The molecule has 0 aliphatic rings. The van der Waals surface area contributed by atoms with Crippen LogP contribution in [0.25, 0.3) is 0 Å². The Kier molecular flexibility index (Phi) is 5.20. The van der Waals surface area contributed by atoms with Crippen LogP contribution in [0.15, 0.2) is 4.52 Å². The van der Waals surface area contributed by atoms with Crippen molar-refractivity contribution in [2.75, 3.05) is 17.7 Å². The first-order valence-corrected chi connectivity index (χ1v) is 7.60. The summed E-state index contributed by atoms with van der Waals surface area (Å²) >= 11 is 1.48. The third-order valence-corrected chi connectivity index (χ3v) is 3.62. The van der Waals surface area contributed by atoms with Crippen LogP contribution in [0.4, 0.5) is 5.95 Å². The van der Waals surface area contributed by atoms with Gasteiger partial charge in [0.2, 0.25) is 11.9 Å². The van der Waals surface area contributed by atoms with Gasteiger partial charge in [-0.3, -0.25) is 10.1 Å². The van der Waals surface area contributed by atoms with Gasteiger partial charge in [-0.05, 0) is 20.8 Å². The standard InChI is InChI=1S/C12H17N5O3S/c1-4-19-12-14-11(15-16-12)13-10(18)6-21-5-9-7(2)17-20-8(9)3/h4-6H2,1-3H3,(H2,13,14,15,16,18). The van der Waals surface area contributed by atoms with Crippen LogP contribution in [0.3, 0.4) is 0 Å². The number of hydrogen-bond donors (Lipinski definition) is 2. The van der Waals surface area contributed by atoms with E-state index in [4.69, 9.17) is 9.26 Å². The Hall–Kier alpha value is -2.03. The Morgan fingerprint density at radius 3 is 2.95 bits per heavy atom. The van der Waals surface area contributed by atoms with Crippen LogP contribution in [0, 0.1) is 13.8 Å². The van der Waals surface area contributed by atoms with E-state index in [-0.39, 0.29) is 17.9 Å². The summed E-state index contributed by atoms with van der Waals surface area (Å²) < 4.78 is 10.2. The van der Waals surface area contributed by atoms with E-state index in [0.717, 1.165) is 17.0 Å². The van der Waals surface area contributed by atoms with E-state index in [1.54, 1.807) is 0 Å². The van der Waals surface area contributed by atoms with Gasteiger partial charge in [-0.2, -0.15) is 4.98 Å². The fourth-order valence-corrected chi connectivity index (χ4v) is 2.59. The Morgan fingerprint density at radius 1 is 1.48 bits per heavy atom. The smallest absolute Gasteiger partial charge is 0.337 e. The molecule has 8 nitrogen and oxygen atoms in total. The fourth-order valence-electron chi connectivity index (χ4n) is 1.62. The van der Waals surface area contributed by atoms with E-state index in [2.05, 4.69) is 25.7 Å². The van der Waals surface area contributed by atoms with Crippen LogP contribution in [0.1, 0.15) is 23.9 Å². The molecule has 0 spiro atoms. The van der Waals surface area contributed by atoms with Crippen LogP contribution >= 0.6 is 11.8 Å². The third-order valence-electron chi connectivity index (χ3n) is 2.66. The van der Waals surface area contributed by atoms with Crippen molar-refractivity contribution in [3.63, 3.8) is 0 Å². The first-order valence-electron chi connectivity index (χ1n) is 6.44. The lowest BCUT2D eigenvalue weighted by Crippen LogP contribution is -2.15. The number of carbonyl (C=O) groups is 1. The topological polar surface area (TPSA) is 106 Å². The summed E-state index contributed by atoms with van der Waals surface area (Å²) in [6.45, 7) is 6.05. The van der Waals surface area contributed by atoms with Gasteiger partial charge in [-0.25, -0.2) is 5.10 Å². The minimum absolute atomic E-state index is 0.161. The van der Waals surface area contributed by atoms with E-state index in [1.807, 2.05) is 20.8 Å². The van der Waals surface area contributed by atoms with E-state index in [0.29, 0.717) is 18.1 Å². The van der Waals surface area contributed by atoms with E-state index < -0.39 is 0 Å². The van der Waals surface area contributed by atoms with Gasteiger partial charge in [0, 0.05) is 11.3 Å². The number of nitrogens with one attached hydrogen (secondary N) is 2. The molecule has 2 aromatic rings. The molecule has 2 aromatic heterocycles. The number of carbonyl (C=O) groups excluding carboxylic acids is 1. The molecule has 2 N–H and O–H groups in total. The predicted octanol–water partition coefficient (Wildman–Crippen LogP) is 1.68. The maximum absolute atomic E-state index is 11.8. The number of rotatable bonds is 7. The molecule has 0 saturated heterocycles. The monoisotopic (exact) mass is 311 g/mol. The number of ether oxygens (including phenoxy) is 1. The maximum Gasteiger partial charge on any atom is 0.337 e. The average molecular weight is 311 g/mol. The molecular weight excluding hydrogens is 294 g/mol. The molecule has 0 saturated carbocycles. The highest BCUT2D eigenvalue weighted by Crippen LogP contribution is 2.19. The number of thioether (sulfide) groups is 1. The van der Waals surface area contributed by atoms with Gasteiger partial charge >= 0.3 is 6.01 Å². The molecule has 2 heterocycles. The molecule has 0 unspecified atom stereocenters. The first kappa shape index (κ1) is 15.4. The normalized spacial score (nSPS) is 10.6. The zero-order valence-electron chi connectivity index (χ0n) is 12.1. The highest BCUT2D eigenvalue weighted by molar-refractivity contribution is 7.99. The predicted molar refractivity (Wildman–Crippen MR) is 78.3 cm³/mol.